The number of sulfonamides is 1. The van der Waals surface area contributed by atoms with Gasteiger partial charge in [-0.05, 0) is 30.7 Å². The average Bonchev–Trinajstić information content (AvgIpc) is 2.50. The van der Waals surface area contributed by atoms with Crippen molar-refractivity contribution in [3.8, 4) is 5.75 Å². The van der Waals surface area contributed by atoms with E-state index in [0.29, 0.717) is 19.2 Å². The van der Waals surface area contributed by atoms with Gasteiger partial charge in [0.25, 0.3) is 15.9 Å². The van der Waals surface area contributed by atoms with Crippen LogP contribution in [0.2, 0.25) is 5.02 Å². The van der Waals surface area contributed by atoms with E-state index < -0.39 is 43.9 Å². The van der Waals surface area contributed by atoms with E-state index in [9.17, 15) is 27.1 Å². The first kappa shape index (κ1) is 18.4. The molecule has 0 spiro atoms. The molecule has 0 saturated carbocycles. The molecule has 1 saturated heterocycles. The molecule has 138 valence electrons. The SMILES string of the molecule is O=C(c1cc(Cl)c(O)c(S(=O)(=O)Nc2ccc(F)cc2F)c1)N1CCC1. The molecule has 0 bridgehead atoms. The van der Waals surface area contributed by atoms with Crippen LogP contribution in [0.25, 0.3) is 0 Å². The van der Waals surface area contributed by atoms with Crippen molar-refractivity contribution in [3.63, 3.8) is 0 Å². The summed E-state index contributed by atoms with van der Waals surface area (Å²) in [6.45, 7) is 1.08. The molecule has 1 fully saturated rings. The van der Waals surface area contributed by atoms with E-state index in [2.05, 4.69) is 0 Å². The molecule has 2 aromatic carbocycles. The fourth-order valence-electron chi connectivity index (χ4n) is 2.38. The third kappa shape index (κ3) is 3.45. The minimum Gasteiger partial charge on any atom is -0.505 e. The number of benzene rings is 2. The predicted molar refractivity (Wildman–Crippen MR) is 90.8 cm³/mol. The molecular formula is C16H13ClF2N2O4S. The van der Waals surface area contributed by atoms with E-state index in [0.717, 1.165) is 30.7 Å². The Morgan fingerprint density at radius 1 is 1.19 bits per heavy atom. The summed E-state index contributed by atoms with van der Waals surface area (Å²) in [5.41, 5.74) is -0.533. The Labute approximate surface area is 153 Å². The molecule has 0 radical (unpaired) electrons. The summed E-state index contributed by atoms with van der Waals surface area (Å²) in [4.78, 5) is 13.1. The largest absolute Gasteiger partial charge is 0.505 e. The van der Waals surface area contributed by atoms with Crippen LogP contribution in [0.1, 0.15) is 16.8 Å². The first-order valence-electron chi connectivity index (χ1n) is 7.49. The first-order valence-corrected chi connectivity index (χ1v) is 9.35. The van der Waals surface area contributed by atoms with Crippen molar-refractivity contribution in [2.75, 3.05) is 17.8 Å². The monoisotopic (exact) mass is 402 g/mol. The number of hydrogen-bond donors (Lipinski definition) is 2. The molecule has 0 aliphatic carbocycles. The highest BCUT2D eigenvalue weighted by atomic mass is 35.5. The van der Waals surface area contributed by atoms with Crippen molar-refractivity contribution < 1.29 is 27.1 Å². The Balaban J connectivity index is 2.00. The van der Waals surface area contributed by atoms with Crippen molar-refractivity contribution in [2.24, 2.45) is 0 Å². The van der Waals surface area contributed by atoms with Crippen LogP contribution in [0.3, 0.4) is 0 Å². The van der Waals surface area contributed by atoms with Gasteiger partial charge in [-0.3, -0.25) is 9.52 Å². The summed E-state index contributed by atoms with van der Waals surface area (Å²) in [5, 5.41) is 9.67. The standard InChI is InChI=1S/C16H13ClF2N2O4S/c17-11-6-9(16(23)21-4-1-5-21)7-14(15(11)22)26(24,25)20-13-3-2-10(18)8-12(13)19/h2-3,6-8,20,22H,1,4-5H2. The lowest BCUT2D eigenvalue weighted by molar-refractivity contribution is 0.0651. The van der Waals surface area contributed by atoms with Gasteiger partial charge in [0, 0.05) is 24.7 Å². The van der Waals surface area contributed by atoms with Gasteiger partial charge in [-0.1, -0.05) is 11.6 Å². The van der Waals surface area contributed by atoms with Crippen LogP contribution in [-0.2, 0) is 10.0 Å². The number of phenols is 1. The molecule has 2 N–H and O–H groups in total. The van der Waals surface area contributed by atoms with Crippen LogP contribution in [0.5, 0.6) is 5.75 Å². The van der Waals surface area contributed by atoms with Crippen LogP contribution in [-0.4, -0.2) is 37.4 Å². The smallest absolute Gasteiger partial charge is 0.265 e. The van der Waals surface area contributed by atoms with Gasteiger partial charge in [0.1, 0.15) is 16.5 Å². The quantitative estimate of drug-likeness (QED) is 0.823. The van der Waals surface area contributed by atoms with Gasteiger partial charge in [0.15, 0.2) is 5.75 Å². The third-order valence-corrected chi connectivity index (χ3v) is 5.55. The number of amides is 1. The number of nitrogens with zero attached hydrogens (tertiary/aromatic N) is 1. The molecule has 0 unspecified atom stereocenters. The number of anilines is 1. The van der Waals surface area contributed by atoms with Gasteiger partial charge in [0.2, 0.25) is 0 Å². The Morgan fingerprint density at radius 3 is 2.46 bits per heavy atom. The lowest BCUT2D eigenvalue weighted by Gasteiger charge is -2.31. The molecule has 6 nitrogen and oxygen atoms in total. The highest BCUT2D eigenvalue weighted by molar-refractivity contribution is 7.92. The number of hydrogen-bond acceptors (Lipinski definition) is 4. The second-order valence-electron chi connectivity index (χ2n) is 5.68. The van der Waals surface area contributed by atoms with Crippen LogP contribution in [0, 0.1) is 11.6 Å². The molecule has 1 aliphatic heterocycles. The Morgan fingerprint density at radius 2 is 1.88 bits per heavy atom. The fraction of sp³-hybridized carbons (Fsp3) is 0.188. The van der Waals surface area contributed by atoms with Crippen molar-refractivity contribution in [2.45, 2.75) is 11.3 Å². The van der Waals surface area contributed by atoms with Gasteiger partial charge in [-0.15, -0.1) is 0 Å². The Hall–Kier alpha value is -2.39. The number of carbonyl (C=O) groups excluding carboxylic acids is 1. The average molecular weight is 403 g/mol. The van der Waals surface area contributed by atoms with E-state index in [1.807, 2.05) is 4.72 Å². The molecule has 0 aromatic heterocycles. The summed E-state index contributed by atoms with van der Waals surface area (Å²) in [5.74, 6) is -3.21. The van der Waals surface area contributed by atoms with Crippen LogP contribution in [0.4, 0.5) is 14.5 Å². The summed E-state index contributed by atoms with van der Waals surface area (Å²) in [6, 6.07) is 4.41. The number of rotatable bonds is 4. The van der Waals surface area contributed by atoms with E-state index in [4.69, 9.17) is 11.6 Å². The maximum absolute atomic E-state index is 13.7. The molecule has 1 aliphatic rings. The number of carbonyl (C=O) groups is 1. The summed E-state index contributed by atoms with van der Waals surface area (Å²) in [6.07, 6.45) is 0.841. The number of likely N-dealkylation sites (tertiary alicyclic amines) is 1. The molecule has 10 heteroatoms. The molecule has 3 rings (SSSR count). The number of nitrogens with one attached hydrogen (secondary N) is 1. The van der Waals surface area contributed by atoms with Gasteiger partial charge < -0.3 is 10.0 Å². The normalized spacial score (nSPS) is 14.0. The Bertz CT molecular complexity index is 994. The minimum atomic E-state index is -4.49. The van der Waals surface area contributed by atoms with Gasteiger partial charge in [-0.25, -0.2) is 17.2 Å². The van der Waals surface area contributed by atoms with Gasteiger partial charge in [-0.2, -0.15) is 0 Å². The van der Waals surface area contributed by atoms with E-state index in [-0.39, 0.29) is 10.6 Å². The first-order chi connectivity index (χ1) is 12.2. The van der Waals surface area contributed by atoms with Gasteiger partial charge in [0.05, 0.1) is 10.7 Å². The third-order valence-electron chi connectivity index (χ3n) is 3.88. The molecular weight excluding hydrogens is 390 g/mol. The van der Waals surface area contributed by atoms with Crippen molar-refractivity contribution >= 4 is 33.2 Å². The molecule has 26 heavy (non-hydrogen) atoms. The second kappa shape index (κ2) is 6.73. The van der Waals surface area contributed by atoms with E-state index in [1.165, 1.54) is 4.90 Å². The minimum absolute atomic E-state index is 0.0209. The van der Waals surface area contributed by atoms with Crippen molar-refractivity contribution in [1.29, 1.82) is 0 Å². The van der Waals surface area contributed by atoms with Crippen LogP contribution in [0.15, 0.2) is 35.2 Å². The zero-order valence-electron chi connectivity index (χ0n) is 13.2. The molecule has 1 amide bonds. The van der Waals surface area contributed by atoms with Crippen LogP contribution < -0.4 is 4.72 Å². The maximum Gasteiger partial charge on any atom is 0.265 e. The fourth-order valence-corrected chi connectivity index (χ4v) is 3.86. The lowest BCUT2D eigenvalue weighted by atomic mass is 10.1. The highest BCUT2D eigenvalue weighted by Gasteiger charge is 2.27. The maximum atomic E-state index is 13.7. The van der Waals surface area contributed by atoms with Crippen molar-refractivity contribution in [1.82, 2.24) is 4.90 Å². The molecule has 2 aromatic rings. The molecule has 1 heterocycles. The van der Waals surface area contributed by atoms with Crippen molar-refractivity contribution in [3.05, 3.63) is 52.6 Å². The number of phenolic OH excluding ortho intramolecular Hbond substituents is 1. The van der Waals surface area contributed by atoms with E-state index in [1.54, 1.807) is 0 Å². The zero-order chi connectivity index (χ0) is 19.1. The summed E-state index contributed by atoms with van der Waals surface area (Å²) >= 11 is 5.85. The highest BCUT2D eigenvalue weighted by Crippen LogP contribution is 2.34. The predicted octanol–water partition coefficient (Wildman–Crippen LogP) is 2.97. The second-order valence-corrected chi connectivity index (χ2v) is 7.74. The summed E-state index contributed by atoms with van der Waals surface area (Å²) < 4.78 is 53.6. The Kier molecular flexibility index (Phi) is 4.76. The zero-order valence-corrected chi connectivity index (χ0v) is 14.7. The summed E-state index contributed by atoms with van der Waals surface area (Å²) in [7, 11) is -4.49. The van der Waals surface area contributed by atoms with Crippen LogP contribution >= 0.6 is 11.6 Å². The topological polar surface area (TPSA) is 86.7 Å². The lowest BCUT2D eigenvalue weighted by Crippen LogP contribution is -2.42. The number of aromatic hydroxyl groups is 1. The van der Waals surface area contributed by atoms with E-state index >= 15 is 0 Å². The van der Waals surface area contributed by atoms with Gasteiger partial charge >= 0.3 is 0 Å². The number of halogens is 3. The molecule has 0 atom stereocenters.